The molecule has 0 fully saturated rings. The molecule has 2 unspecified atom stereocenters. The summed E-state index contributed by atoms with van der Waals surface area (Å²) in [6, 6.07) is 13.2. The van der Waals surface area contributed by atoms with Crippen LogP contribution in [-0.2, 0) is 20.2 Å². The lowest BCUT2D eigenvalue weighted by atomic mass is 10.3. The van der Waals surface area contributed by atoms with E-state index in [4.69, 9.17) is 0 Å². The molecule has 8 N–H and O–H groups in total. The highest BCUT2D eigenvalue weighted by Gasteiger charge is 2.55. The van der Waals surface area contributed by atoms with E-state index >= 15 is 0 Å². The Morgan fingerprint density at radius 1 is 0.735 bits per heavy atom. The van der Waals surface area contributed by atoms with Gasteiger partial charge in [-0.05, 0) is 38.1 Å². The van der Waals surface area contributed by atoms with Crippen LogP contribution < -0.4 is 22.1 Å². The number of benzene rings is 2. The summed E-state index contributed by atoms with van der Waals surface area (Å²) >= 11 is 1.30. The highest BCUT2D eigenvalue weighted by molar-refractivity contribution is 8.14. The molecule has 0 amide bonds. The van der Waals surface area contributed by atoms with Gasteiger partial charge >= 0.3 is 0 Å². The molecule has 0 aliphatic carbocycles. The molecule has 4 rings (SSSR count). The minimum Gasteiger partial charge on any atom is -0.744 e. The van der Waals surface area contributed by atoms with Crippen molar-refractivity contribution in [3.8, 4) is 0 Å². The molecule has 16 heteroatoms. The van der Waals surface area contributed by atoms with Gasteiger partial charge in [-0.2, -0.15) is 0 Å². The zero-order valence-corrected chi connectivity index (χ0v) is 22.2. The zero-order chi connectivity index (χ0) is 23.4. The standard InChI is InChI=1S/C18H20N4O6S4.2H3N/c1-3-21-13-9-5-7-11-15(13)29-17(21,31(23,24)25)19-20-18(32(26,27)28)22(4-2)14-10-6-8-12-16(14)30-18;;/h5-12H,3-4H2,1-2H3,(H,23,24,25)(H,26,27,28);2*1H3/b20-19+;;. The Kier molecular flexibility index (Phi) is 8.01. The molecule has 2 heterocycles. The van der Waals surface area contributed by atoms with Crippen LogP contribution in [0.25, 0.3) is 0 Å². The number of nitrogens with zero attached hydrogens (tertiary/aromatic N) is 4. The maximum atomic E-state index is 12.5. The summed E-state index contributed by atoms with van der Waals surface area (Å²) in [6.45, 7) is 3.42. The Hall–Kier alpha value is -1.92. The second-order valence-corrected chi connectivity index (χ2v) is 12.7. The Labute approximate surface area is 206 Å². The SMILES string of the molecule is CCN1c2ccccc2SC1(/N=N/C1(S(=O)(=O)[O-])Sc2ccccc2N1CC)S(=O)(=O)[O-].[NH4+].[NH4+]. The smallest absolute Gasteiger partial charge is 0.294 e. The van der Waals surface area contributed by atoms with E-state index in [-0.39, 0.29) is 25.4 Å². The van der Waals surface area contributed by atoms with Crippen molar-refractivity contribution in [1.82, 2.24) is 12.3 Å². The van der Waals surface area contributed by atoms with Gasteiger partial charge in [0.15, 0.2) is 20.2 Å². The predicted molar refractivity (Wildman–Crippen MR) is 132 cm³/mol. The van der Waals surface area contributed by atoms with Gasteiger partial charge in [-0.25, -0.2) is 16.8 Å². The van der Waals surface area contributed by atoms with Gasteiger partial charge in [0.05, 0.1) is 11.4 Å². The fourth-order valence-electron chi connectivity index (χ4n) is 3.72. The molecule has 34 heavy (non-hydrogen) atoms. The number of fused-ring (bicyclic) bond motifs is 2. The summed E-state index contributed by atoms with van der Waals surface area (Å²) < 4.78 is 70.0. The summed E-state index contributed by atoms with van der Waals surface area (Å²) in [5.74, 6) is 0. The van der Waals surface area contributed by atoms with Gasteiger partial charge in [0, 0.05) is 22.9 Å². The summed E-state index contributed by atoms with van der Waals surface area (Å²) in [5.41, 5.74) is 0.902. The number of hydrogen-bond acceptors (Lipinski definition) is 12. The molecule has 2 atom stereocenters. The van der Waals surface area contributed by atoms with Crippen molar-refractivity contribution in [2.24, 2.45) is 10.2 Å². The molecule has 188 valence electrons. The van der Waals surface area contributed by atoms with Crippen LogP contribution in [0, 0.1) is 0 Å². The fraction of sp³-hybridized carbons (Fsp3) is 0.333. The van der Waals surface area contributed by atoms with Gasteiger partial charge in [-0.3, -0.25) is 0 Å². The molecule has 0 saturated heterocycles. The Balaban J connectivity index is 0.00000204. The van der Waals surface area contributed by atoms with E-state index in [1.54, 1.807) is 62.4 Å². The summed E-state index contributed by atoms with van der Waals surface area (Å²) in [7, 11) is -10.4. The van der Waals surface area contributed by atoms with Crippen LogP contribution in [0.15, 0.2) is 68.6 Å². The van der Waals surface area contributed by atoms with Gasteiger partial charge in [0.2, 0.25) is 0 Å². The maximum Gasteiger partial charge on any atom is 0.294 e. The molecular weight excluding hydrogens is 525 g/mol. The van der Waals surface area contributed by atoms with Crippen molar-refractivity contribution in [1.29, 1.82) is 0 Å². The number of azo groups is 1. The third-order valence-electron chi connectivity index (χ3n) is 5.07. The highest BCUT2D eigenvalue weighted by atomic mass is 32.3. The summed E-state index contributed by atoms with van der Waals surface area (Å²) in [5, 5.41) is 7.73. The molecule has 2 aromatic rings. The molecule has 2 aliphatic rings. The van der Waals surface area contributed by atoms with Crippen molar-refractivity contribution >= 4 is 55.1 Å². The van der Waals surface area contributed by atoms with Crippen LogP contribution in [-0.4, -0.2) is 47.7 Å². The molecule has 12 nitrogen and oxygen atoms in total. The average molecular weight is 551 g/mol. The lowest BCUT2D eigenvalue weighted by Gasteiger charge is -2.39. The number of hydrogen-bond donors (Lipinski definition) is 2. The van der Waals surface area contributed by atoms with Crippen LogP contribution in [0.5, 0.6) is 0 Å². The molecular formula is C18H26N6O6S4. The number of quaternary nitrogens is 2. The van der Waals surface area contributed by atoms with Gasteiger partial charge in [-0.1, -0.05) is 47.8 Å². The predicted octanol–water partition coefficient (Wildman–Crippen LogP) is 3.77. The van der Waals surface area contributed by atoms with Crippen LogP contribution in [0.2, 0.25) is 0 Å². The zero-order valence-electron chi connectivity index (χ0n) is 18.9. The van der Waals surface area contributed by atoms with Crippen molar-refractivity contribution < 1.29 is 25.9 Å². The normalized spacial score (nSPS) is 23.9. The van der Waals surface area contributed by atoms with Crippen LogP contribution in [0.4, 0.5) is 11.4 Å². The minimum absolute atomic E-state index is 0. The third kappa shape index (κ3) is 4.07. The van der Waals surface area contributed by atoms with E-state index in [2.05, 4.69) is 10.2 Å². The maximum absolute atomic E-state index is 12.5. The van der Waals surface area contributed by atoms with Gasteiger partial charge in [-0.15, -0.1) is 10.2 Å². The largest absolute Gasteiger partial charge is 0.744 e. The van der Waals surface area contributed by atoms with Gasteiger partial charge < -0.3 is 31.2 Å². The van der Waals surface area contributed by atoms with Crippen molar-refractivity contribution in [2.45, 2.75) is 32.3 Å². The highest BCUT2D eigenvalue weighted by Crippen LogP contribution is 2.57. The Morgan fingerprint density at radius 3 is 1.35 bits per heavy atom. The molecule has 0 radical (unpaired) electrons. The second-order valence-electron chi connectivity index (χ2n) is 6.83. The Morgan fingerprint density at radius 2 is 1.06 bits per heavy atom. The average Bonchev–Trinajstić information content (AvgIpc) is 3.24. The lowest BCUT2D eigenvalue weighted by molar-refractivity contribution is 0.422. The van der Waals surface area contributed by atoms with E-state index in [0.717, 1.165) is 0 Å². The van der Waals surface area contributed by atoms with Crippen LogP contribution in [0.1, 0.15) is 13.8 Å². The first-order chi connectivity index (χ1) is 15.0. The number of para-hydroxylation sites is 2. The molecule has 2 aromatic carbocycles. The van der Waals surface area contributed by atoms with Gasteiger partial charge in [0.1, 0.15) is 0 Å². The quantitative estimate of drug-likeness (QED) is 0.391. The summed E-state index contributed by atoms with van der Waals surface area (Å²) in [4.78, 5) is 3.43. The van der Waals surface area contributed by atoms with Crippen molar-refractivity contribution in [3.63, 3.8) is 0 Å². The molecule has 0 aromatic heterocycles. The van der Waals surface area contributed by atoms with E-state index in [1.165, 1.54) is 9.80 Å². The summed E-state index contributed by atoms with van der Waals surface area (Å²) in [6.07, 6.45) is 0. The first-order valence-corrected chi connectivity index (χ1v) is 13.9. The molecule has 0 spiro atoms. The van der Waals surface area contributed by atoms with Crippen LogP contribution in [0.3, 0.4) is 0 Å². The fourth-order valence-corrected chi connectivity index (χ4v) is 8.62. The van der Waals surface area contributed by atoms with Gasteiger partial charge in [0.25, 0.3) is 8.65 Å². The first-order valence-electron chi connectivity index (χ1n) is 9.47. The molecule has 2 aliphatic heterocycles. The second kappa shape index (κ2) is 9.62. The lowest BCUT2D eigenvalue weighted by Crippen LogP contribution is -2.51. The van der Waals surface area contributed by atoms with Crippen LogP contribution >= 0.6 is 23.5 Å². The molecule has 0 saturated carbocycles. The topological polar surface area (TPSA) is 219 Å². The number of anilines is 2. The number of thioether (sulfide) groups is 2. The van der Waals surface area contributed by atoms with Crippen molar-refractivity contribution in [2.75, 3.05) is 22.9 Å². The monoisotopic (exact) mass is 550 g/mol. The number of rotatable bonds is 6. The van der Waals surface area contributed by atoms with E-state index in [9.17, 15) is 25.9 Å². The Bertz CT molecular complexity index is 1210. The van der Waals surface area contributed by atoms with E-state index in [1.807, 2.05) is 0 Å². The first kappa shape index (κ1) is 28.3. The van der Waals surface area contributed by atoms with Crippen molar-refractivity contribution in [3.05, 3.63) is 48.5 Å². The molecule has 0 bridgehead atoms. The van der Waals surface area contributed by atoms with E-state index < -0.39 is 28.9 Å². The third-order valence-corrected chi connectivity index (χ3v) is 11.0. The minimum atomic E-state index is -5.19. The van der Waals surface area contributed by atoms with E-state index in [0.29, 0.717) is 44.7 Å².